The molecule has 2 nitrogen and oxygen atoms in total. The van der Waals surface area contributed by atoms with E-state index in [2.05, 4.69) is 87.5 Å². The summed E-state index contributed by atoms with van der Waals surface area (Å²) in [7, 11) is 0. The molecule has 2 heteroatoms. The molecule has 0 radical (unpaired) electrons. The number of hydrogen-bond acceptors (Lipinski definition) is 2. The maximum atomic E-state index is 6.63. The van der Waals surface area contributed by atoms with Gasteiger partial charge >= 0.3 is 0 Å². The predicted molar refractivity (Wildman–Crippen MR) is 116 cm³/mol. The molecule has 3 aromatic rings. The normalized spacial score (nSPS) is 15.2. The average molecular weight is 370 g/mol. The van der Waals surface area contributed by atoms with Crippen molar-refractivity contribution in [1.82, 2.24) is 0 Å². The number of aryl methyl sites for hydroxylation is 3. The van der Waals surface area contributed by atoms with Gasteiger partial charge in [-0.25, -0.2) is 4.99 Å². The van der Waals surface area contributed by atoms with Crippen LogP contribution in [0.1, 0.15) is 33.4 Å². The smallest absolute Gasteiger partial charge is 0.217 e. The highest BCUT2D eigenvalue weighted by Gasteiger charge is 2.39. The molecule has 0 N–H and O–H groups in total. The van der Waals surface area contributed by atoms with Gasteiger partial charge in [0.2, 0.25) is 5.90 Å². The zero-order chi connectivity index (χ0) is 19.6. The van der Waals surface area contributed by atoms with Crippen LogP contribution in [0.25, 0.3) is 0 Å². The maximum Gasteiger partial charge on any atom is 0.217 e. The van der Waals surface area contributed by atoms with E-state index in [9.17, 15) is 0 Å². The molecule has 0 unspecified atom stereocenters. The van der Waals surface area contributed by atoms with Gasteiger partial charge in [0.1, 0.15) is 5.60 Å². The van der Waals surface area contributed by atoms with Crippen molar-refractivity contribution in [2.24, 2.45) is 4.99 Å². The lowest BCUT2D eigenvalue weighted by atomic mass is 9.87. The van der Waals surface area contributed by atoms with Crippen LogP contribution in [0.15, 0.2) is 77.8 Å². The molecule has 0 atom stereocenters. The highest BCUT2D eigenvalue weighted by atomic mass is 16.5. The fourth-order valence-corrected chi connectivity index (χ4v) is 3.84. The van der Waals surface area contributed by atoms with E-state index >= 15 is 0 Å². The third-order valence-electron chi connectivity index (χ3n) is 5.49. The van der Waals surface area contributed by atoms with Gasteiger partial charge in [-0.1, -0.05) is 77.9 Å². The molecule has 3 aromatic carbocycles. The SMILES string of the molecule is Cc1ccc(CC2(Cc3ccc(C)cc3)CN=C(c3ccccc3C)O2)cc1. The maximum absolute atomic E-state index is 6.63. The molecule has 0 aliphatic carbocycles. The van der Waals surface area contributed by atoms with Gasteiger partial charge < -0.3 is 4.74 Å². The summed E-state index contributed by atoms with van der Waals surface area (Å²) in [5, 5.41) is 0. The Balaban J connectivity index is 1.63. The Morgan fingerprint density at radius 3 is 1.82 bits per heavy atom. The van der Waals surface area contributed by atoms with Crippen molar-refractivity contribution in [3.63, 3.8) is 0 Å². The minimum atomic E-state index is -0.345. The number of ether oxygens (including phenoxy) is 1. The summed E-state index contributed by atoms with van der Waals surface area (Å²) in [6.07, 6.45) is 1.69. The van der Waals surface area contributed by atoms with Crippen molar-refractivity contribution in [3.8, 4) is 0 Å². The summed E-state index contributed by atoms with van der Waals surface area (Å²) >= 11 is 0. The van der Waals surface area contributed by atoms with E-state index in [1.54, 1.807) is 0 Å². The molecule has 142 valence electrons. The second kappa shape index (κ2) is 7.63. The molecule has 0 saturated heterocycles. The topological polar surface area (TPSA) is 21.6 Å². The van der Waals surface area contributed by atoms with Gasteiger partial charge in [0.25, 0.3) is 0 Å². The molecule has 1 heterocycles. The van der Waals surface area contributed by atoms with E-state index in [1.165, 1.54) is 27.8 Å². The van der Waals surface area contributed by atoms with Crippen LogP contribution in [0.3, 0.4) is 0 Å². The van der Waals surface area contributed by atoms with Crippen LogP contribution in [0, 0.1) is 20.8 Å². The second-order valence-electron chi connectivity index (χ2n) is 8.05. The van der Waals surface area contributed by atoms with E-state index < -0.39 is 0 Å². The lowest BCUT2D eigenvalue weighted by Crippen LogP contribution is -2.38. The third kappa shape index (κ3) is 4.01. The second-order valence-corrected chi connectivity index (χ2v) is 8.05. The van der Waals surface area contributed by atoms with Crippen LogP contribution < -0.4 is 0 Å². The van der Waals surface area contributed by atoms with Crippen molar-refractivity contribution >= 4 is 5.90 Å². The van der Waals surface area contributed by atoms with Crippen LogP contribution in [0.5, 0.6) is 0 Å². The van der Waals surface area contributed by atoms with Crippen molar-refractivity contribution in [1.29, 1.82) is 0 Å². The number of nitrogens with zero attached hydrogens (tertiary/aromatic N) is 1. The van der Waals surface area contributed by atoms with Crippen LogP contribution >= 0.6 is 0 Å². The van der Waals surface area contributed by atoms with E-state index in [0.29, 0.717) is 6.54 Å². The molecule has 28 heavy (non-hydrogen) atoms. The molecular weight excluding hydrogens is 342 g/mol. The van der Waals surface area contributed by atoms with Crippen molar-refractivity contribution < 1.29 is 4.74 Å². The lowest BCUT2D eigenvalue weighted by Gasteiger charge is -2.29. The van der Waals surface area contributed by atoms with Gasteiger partial charge in [0.05, 0.1) is 6.54 Å². The summed E-state index contributed by atoms with van der Waals surface area (Å²) in [5.41, 5.74) is 7.08. The van der Waals surface area contributed by atoms with E-state index in [0.717, 1.165) is 24.3 Å². The fourth-order valence-electron chi connectivity index (χ4n) is 3.84. The summed E-state index contributed by atoms with van der Waals surface area (Å²) in [4.78, 5) is 4.84. The Bertz CT molecular complexity index is 936. The monoisotopic (exact) mass is 369 g/mol. The minimum Gasteiger partial charge on any atom is -0.468 e. The first kappa shape index (κ1) is 18.5. The first-order valence-corrected chi connectivity index (χ1v) is 9.94. The molecule has 0 saturated carbocycles. The Morgan fingerprint density at radius 1 is 0.750 bits per heavy atom. The molecule has 0 bridgehead atoms. The van der Waals surface area contributed by atoms with E-state index in [4.69, 9.17) is 9.73 Å². The zero-order valence-electron chi connectivity index (χ0n) is 16.9. The number of rotatable bonds is 5. The van der Waals surface area contributed by atoms with Gasteiger partial charge in [0.15, 0.2) is 0 Å². The minimum absolute atomic E-state index is 0.345. The van der Waals surface area contributed by atoms with Gasteiger partial charge in [-0.05, 0) is 43.5 Å². The van der Waals surface area contributed by atoms with Crippen LogP contribution in [0.4, 0.5) is 0 Å². The van der Waals surface area contributed by atoms with E-state index in [-0.39, 0.29) is 5.60 Å². The average Bonchev–Trinajstić information content (AvgIpc) is 3.09. The lowest BCUT2D eigenvalue weighted by molar-refractivity contribution is 0.0886. The largest absolute Gasteiger partial charge is 0.468 e. The van der Waals surface area contributed by atoms with Gasteiger partial charge in [-0.15, -0.1) is 0 Å². The molecule has 1 aliphatic heterocycles. The third-order valence-corrected chi connectivity index (χ3v) is 5.49. The quantitative estimate of drug-likeness (QED) is 0.572. The van der Waals surface area contributed by atoms with Crippen molar-refractivity contribution in [2.75, 3.05) is 6.54 Å². The summed E-state index contributed by atoms with van der Waals surface area (Å²) in [6, 6.07) is 25.8. The number of aliphatic imine (C=N–C) groups is 1. The summed E-state index contributed by atoms with van der Waals surface area (Å²) in [5.74, 6) is 0.775. The summed E-state index contributed by atoms with van der Waals surface area (Å²) < 4.78 is 6.63. The standard InChI is InChI=1S/C26H27NO/c1-19-8-12-22(13-9-19)16-26(17-23-14-10-20(2)11-15-23)18-27-25(28-26)24-7-5-4-6-21(24)3/h4-15H,16-18H2,1-3H3. The Kier molecular flexibility index (Phi) is 5.04. The first-order valence-electron chi connectivity index (χ1n) is 9.94. The highest BCUT2D eigenvalue weighted by molar-refractivity contribution is 5.96. The Hall–Kier alpha value is -2.87. The molecular formula is C26H27NO. The number of hydrogen-bond donors (Lipinski definition) is 0. The molecule has 0 aromatic heterocycles. The van der Waals surface area contributed by atoms with Crippen molar-refractivity contribution in [3.05, 3.63) is 106 Å². The highest BCUT2D eigenvalue weighted by Crippen LogP contribution is 2.31. The van der Waals surface area contributed by atoms with Crippen LogP contribution in [-0.4, -0.2) is 18.0 Å². The Morgan fingerprint density at radius 2 is 1.29 bits per heavy atom. The van der Waals surface area contributed by atoms with Gasteiger partial charge in [-0.3, -0.25) is 0 Å². The van der Waals surface area contributed by atoms with Gasteiger partial charge in [0, 0.05) is 18.4 Å². The molecule has 1 aliphatic rings. The molecule has 0 amide bonds. The fraction of sp³-hybridized carbons (Fsp3) is 0.269. The van der Waals surface area contributed by atoms with Gasteiger partial charge in [-0.2, -0.15) is 0 Å². The molecule has 4 rings (SSSR count). The van der Waals surface area contributed by atoms with Crippen molar-refractivity contribution in [2.45, 2.75) is 39.2 Å². The number of benzene rings is 3. The van der Waals surface area contributed by atoms with Crippen LogP contribution in [-0.2, 0) is 17.6 Å². The Labute approximate surface area is 167 Å². The molecule has 0 fully saturated rings. The first-order chi connectivity index (χ1) is 13.5. The zero-order valence-corrected chi connectivity index (χ0v) is 16.9. The summed E-state index contributed by atoms with van der Waals surface area (Å²) in [6.45, 7) is 7.04. The van der Waals surface area contributed by atoms with E-state index in [1.807, 2.05) is 6.07 Å². The molecule has 0 spiro atoms. The predicted octanol–water partition coefficient (Wildman–Crippen LogP) is 5.61. The van der Waals surface area contributed by atoms with Crippen LogP contribution in [0.2, 0.25) is 0 Å².